The number of benzene rings is 2. The third-order valence-electron chi connectivity index (χ3n) is 6.18. The van der Waals surface area contributed by atoms with Crippen molar-refractivity contribution in [1.29, 1.82) is 0 Å². The van der Waals surface area contributed by atoms with Crippen molar-refractivity contribution in [3.05, 3.63) is 64.7 Å². The Kier molecular flexibility index (Phi) is 3.44. The first-order valence-corrected chi connectivity index (χ1v) is 9.21. The molecule has 2 aromatic carbocycles. The second-order valence-electron chi connectivity index (χ2n) is 7.55. The van der Waals surface area contributed by atoms with Gasteiger partial charge in [-0.25, -0.2) is 4.79 Å². The van der Waals surface area contributed by atoms with E-state index in [1.165, 1.54) is 24.0 Å². The zero-order valence-electron chi connectivity index (χ0n) is 14.7. The van der Waals surface area contributed by atoms with E-state index < -0.39 is 5.97 Å². The highest BCUT2D eigenvalue weighted by molar-refractivity contribution is 5.93. The second-order valence-corrected chi connectivity index (χ2v) is 7.55. The van der Waals surface area contributed by atoms with E-state index in [0.717, 1.165) is 29.7 Å². The molecule has 3 aliphatic heterocycles. The highest BCUT2D eigenvalue weighted by Gasteiger charge is 2.38. The average molecular weight is 347 g/mol. The van der Waals surface area contributed by atoms with Gasteiger partial charge in [0.25, 0.3) is 0 Å². The van der Waals surface area contributed by atoms with Crippen molar-refractivity contribution in [3.63, 3.8) is 0 Å². The van der Waals surface area contributed by atoms with Crippen LogP contribution in [0.3, 0.4) is 0 Å². The molecule has 3 aliphatic rings. The first-order valence-electron chi connectivity index (χ1n) is 9.21. The van der Waals surface area contributed by atoms with E-state index in [1.54, 1.807) is 12.1 Å². The van der Waals surface area contributed by atoms with Crippen molar-refractivity contribution in [2.24, 2.45) is 0 Å². The minimum Gasteiger partial charge on any atom is -0.478 e. The number of rotatable bonds is 1. The molecule has 0 aliphatic carbocycles. The van der Waals surface area contributed by atoms with Gasteiger partial charge in [0.15, 0.2) is 0 Å². The predicted molar refractivity (Wildman–Crippen MR) is 99.7 cm³/mol. The molecule has 2 fully saturated rings. The molecule has 3 heterocycles. The van der Waals surface area contributed by atoms with E-state index in [0.29, 0.717) is 17.8 Å². The van der Waals surface area contributed by atoms with Crippen LogP contribution in [0.25, 0.3) is 5.57 Å². The summed E-state index contributed by atoms with van der Waals surface area (Å²) in [5, 5.41) is 9.33. The van der Waals surface area contributed by atoms with Crippen LogP contribution in [0.1, 0.15) is 47.2 Å². The fourth-order valence-electron chi connectivity index (χ4n) is 4.79. The van der Waals surface area contributed by atoms with Gasteiger partial charge in [-0.15, -0.1) is 0 Å². The molecule has 2 unspecified atom stereocenters. The molecule has 4 heteroatoms. The SMILES string of the molecule is CN1C2CCC1CC(=C1c3ccccc3Oc3cc(C(=O)O)ccc31)C2. The third-order valence-corrected chi connectivity index (χ3v) is 6.18. The quantitative estimate of drug-likeness (QED) is 0.702. The minimum absolute atomic E-state index is 0.260. The number of hydrogen-bond acceptors (Lipinski definition) is 3. The average Bonchev–Trinajstić information content (AvgIpc) is 2.86. The maximum Gasteiger partial charge on any atom is 0.335 e. The summed E-state index contributed by atoms with van der Waals surface area (Å²) in [7, 11) is 2.24. The van der Waals surface area contributed by atoms with Gasteiger partial charge >= 0.3 is 5.97 Å². The summed E-state index contributed by atoms with van der Waals surface area (Å²) in [6.45, 7) is 0. The van der Waals surface area contributed by atoms with E-state index in [9.17, 15) is 9.90 Å². The molecule has 5 rings (SSSR count). The van der Waals surface area contributed by atoms with E-state index in [-0.39, 0.29) is 5.56 Å². The lowest BCUT2D eigenvalue weighted by Gasteiger charge is -2.35. The van der Waals surface area contributed by atoms with Crippen molar-refractivity contribution in [1.82, 2.24) is 4.90 Å². The van der Waals surface area contributed by atoms with Gasteiger partial charge in [0.1, 0.15) is 11.5 Å². The van der Waals surface area contributed by atoms with Gasteiger partial charge in [0, 0.05) is 23.2 Å². The molecule has 2 bridgehead atoms. The van der Waals surface area contributed by atoms with E-state index >= 15 is 0 Å². The standard InChI is InChI=1S/C22H21NO3/c1-23-15-7-8-16(23)11-14(10-15)21-17-4-2-3-5-19(17)26-20-12-13(22(24)25)6-9-18(20)21/h2-6,9,12,15-16H,7-8,10-11H2,1H3,(H,24,25). The number of piperidine rings is 1. The number of nitrogens with zero attached hydrogens (tertiary/aromatic N) is 1. The van der Waals surface area contributed by atoms with Crippen LogP contribution in [0.15, 0.2) is 48.0 Å². The lowest BCUT2D eigenvalue weighted by atomic mass is 9.84. The fraction of sp³-hybridized carbons (Fsp3) is 0.318. The topological polar surface area (TPSA) is 49.8 Å². The molecule has 2 aromatic rings. The smallest absolute Gasteiger partial charge is 0.335 e. The molecule has 26 heavy (non-hydrogen) atoms. The number of hydrogen-bond donors (Lipinski definition) is 1. The van der Waals surface area contributed by atoms with Crippen LogP contribution in [-0.2, 0) is 0 Å². The summed E-state index contributed by atoms with van der Waals surface area (Å²) >= 11 is 0. The molecule has 0 aromatic heterocycles. The lowest BCUT2D eigenvalue weighted by Crippen LogP contribution is -2.37. The van der Waals surface area contributed by atoms with E-state index in [4.69, 9.17) is 4.74 Å². The number of carboxylic acids is 1. The Hall–Kier alpha value is -2.59. The van der Waals surface area contributed by atoms with Crippen LogP contribution in [0.4, 0.5) is 0 Å². The fourth-order valence-corrected chi connectivity index (χ4v) is 4.79. The van der Waals surface area contributed by atoms with E-state index in [1.807, 2.05) is 24.3 Å². The van der Waals surface area contributed by atoms with Gasteiger partial charge in [-0.1, -0.05) is 23.8 Å². The molecule has 0 amide bonds. The van der Waals surface area contributed by atoms with Crippen molar-refractivity contribution < 1.29 is 14.6 Å². The Bertz CT molecular complexity index is 930. The van der Waals surface area contributed by atoms with Crippen LogP contribution in [0.5, 0.6) is 11.5 Å². The van der Waals surface area contributed by atoms with Gasteiger partial charge in [0.05, 0.1) is 5.56 Å². The Morgan fingerprint density at radius 2 is 1.73 bits per heavy atom. The normalized spacial score (nSPS) is 24.0. The van der Waals surface area contributed by atoms with Crippen LogP contribution >= 0.6 is 0 Å². The van der Waals surface area contributed by atoms with Crippen molar-refractivity contribution in [3.8, 4) is 11.5 Å². The molecule has 4 nitrogen and oxygen atoms in total. The van der Waals surface area contributed by atoms with Gasteiger partial charge < -0.3 is 9.84 Å². The summed E-state index contributed by atoms with van der Waals surface area (Å²) in [5.74, 6) is 0.537. The molecule has 2 saturated heterocycles. The van der Waals surface area contributed by atoms with Gasteiger partial charge in [-0.05, 0) is 62.6 Å². The molecule has 0 radical (unpaired) electrons. The van der Waals surface area contributed by atoms with Crippen LogP contribution in [0.2, 0.25) is 0 Å². The Labute approximate surface area is 152 Å². The zero-order chi connectivity index (χ0) is 17.8. The zero-order valence-corrected chi connectivity index (χ0v) is 14.7. The lowest BCUT2D eigenvalue weighted by molar-refractivity contribution is 0.0696. The number of carboxylic acid groups (broad SMARTS) is 1. The van der Waals surface area contributed by atoms with Crippen LogP contribution in [-0.4, -0.2) is 35.1 Å². The van der Waals surface area contributed by atoms with Gasteiger partial charge in [-0.3, -0.25) is 4.90 Å². The highest BCUT2D eigenvalue weighted by atomic mass is 16.5. The summed E-state index contributed by atoms with van der Waals surface area (Å²) < 4.78 is 6.07. The second kappa shape index (κ2) is 5.71. The Morgan fingerprint density at radius 1 is 1.04 bits per heavy atom. The molecule has 0 saturated carbocycles. The number of fused-ring (bicyclic) bond motifs is 4. The summed E-state index contributed by atoms with van der Waals surface area (Å²) in [4.78, 5) is 13.9. The number of carbonyl (C=O) groups is 1. The van der Waals surface area contributed by atoms with Crippen LogP contribution in [0, 0.1) is 0 Å². The highest BCUT2D eigenvalue weighted by Crippen LogP contribution is 2.49. The monoisotopic (exact) mass is 347 g/mol. The van der Waals surface area contributed by atoms with Crippen molar-refractivity contribution in [2.45, 2.75) is 37.8 Å². The number of ether oxygens (including phenoxy) is 1. The largest absolute Gasteiger partial charge is 0.478 e. The van der Waals surface area contributed by atoms with Gasteiger partial charge in [0.2, 0.25) is 0 Å². The maximum absolute atomic E-state index is 11.4. The summed E-state index contributed by atoms with van der Waals surface area (Å²) in [6, 6.07) is 14.6. The first-order chi connectivity index (χ1) is 12.6. The summed E-state index contributed by atoms with van der Waals surface area (Å²) in [6.07, 6.45) is 4.69. The maximum atomic E-state index is 11.4. The molecular weight excluding hydrogens is 326 g/mol. The van der Waals surface area contributed by atoms with Crippen LogP contribution < -0.4 is 4.74 Å². The molecule has 1 N–H and O–H groups in total. The van der Waals surface area contributed by atoms with Crippen molar-refractivity contribution >= 4 is 11.5 Å². The van der Waals surface area contributed by atoms with Gasteiger partial charge in [-0.2, -0.15) is 0 Å². The summed E-state index contributed by atoms with van der Waals surface area (Å²) in [5.41, 5.74) is 5.14. The number of aromatic carboxylic acids is 1. The Balaban J connectivity index is 1.70. The first kappa shape index (κ1) is 15.6. The molecular formula is C22H21NO3. The Morgan fingerprint density at radius 3 is 2.46 bits per heavy atom. The molecule has 0 spiro atoms. The molecule has 132 valence electrons. The van der Waals surface area contributed by atoms with Crippen molar-refractivity contribution in [2.75, 3.05) is 7.05 Å². The minimum atomic E-state index is -0.929. The van der Waals surface area contributed by atoms with E-state index in [2.05, 4.69) is 18.0 Å². The number of para-hydroxylation sites is 1. The third kappa shape index (κ3) is 2.29. The predicted octanol–water partition coefficient (Wildman–Crippen LogP) is 4.55. The molecule has 2 atom stereocenters.